The molecule has 1 heterocycles. The average Bonchev–Trinajstić information content (AvgIpc) is 2.70. The molecule has 2 atom stereocenters. The lowest BCUT2D eigenvalue weighted by atomic mass is 10.0. The molecule has 2 aromatic rings. The summed E-state index contributed by atoms with van der Waals surface area (Å²) in [4.78, 5) is 4.47. The summed E-state index contributed by atoms with van der Waals surface area (Å²) in [5.74, 6) is 0.952. The molecule has 0 spiro atoms. The normalized spacial score (nSPS) is 14.8. The Morgan fingerprint density at radius 1 is 1.42 bits per heavy atom. The molecule has 1 aromatic carbocycles. The van der Waals surface area contributed by atoms with Gasteiger partial charge in [-0.05, 0) is 31.5 Å². The maximum Gasteiger partial charge on any atom is 0.106 e. The fourth-order valence-electron chi connectivity index (χ4n) is 2.21. The molecule has 0 amide bonds. The topological polar surface area (TPSA) is 70.3 Å². The molecule has 0 aliphatic rings. The van der Waals surface area contributed by atoms with Gasteiger partial charge in [-0.15, -0.1) is 0 Å². The van der Waals surface area contributed by atoms with Crippen molar-refractivity contribution < 1.29 is 10.2 Å². The maximum absolute atomic E-state index is 10.3. The van der Waals surface area contributed by atoms with Crippen LogP contribution in [-0.4, -0.2) is 39.0 Å². The van der Waals surface area contributed by atoms with E-state index >= 15 is 0 Å². The number of aliphatic hydroxyl groups is 2. The van der Waals surface area contributed by atoms with Gasteiger partial charge >= 0.3 is 0 Å². The number of aliphatic hydroxyl groups excluding tert-OH is 2. The van der Waals surface area contributed by atoms with Gasteiger partial charge in [0.25, 0.3) is 0 Å². The summed E-state index contributed by atoms with van der Waals surface area (Å²) in [7, 11) is 1.98. The summed E-state index contributed by atoms with van der Waals surface area (Å²) >= 11 is 0. The minimum Gasteiger partial charge on any atom is -0.395 e. The average molecular weight is 263 g/mol. The first kappa shape index (κ1) is 14.0. The molecular formula is C14H21N3O2. The molecule has 5 heteroatoms. The Balaban J connectivity index is 2.25. The Bertz CT molecular complexity index is 565. The molecule has 0 saturated heterocycles. The Morgan fingerprint density at radius 2 is 2.16 bits per heavy atom. The highest BCUT2D eigenvalue weighted by Crippen LogP contribution is 2.22. The molecule has 104 valence electrons. The largest absolute Gasteiger partial charge is 0.395 e. The van der Waals surface area contributed by atoms with E-state index in [1.807, 2.05) is 43.7 Å². The third-order valence-corrected chi connectivity index (χ3v) is 3.52. The van der Waals surface area contributed by atoms with E-state index < -0.39 is 6.10 Å². The van der Waals surface area contributed by atoms with Crippen molar-refractivity contribution >= 4 is 11.0 Å². The minimum absolute atomic E-state index is 0.0650. The van der Waals surface area contributed by atoms with Crippen molar-refractivity contribution in [3.05, 3.63) is 29.6 Å². The molecule has 0 bridgehead atoms. The van der Waals surface area contributed by atoms with Crippen LogP contribution >= 0.6 is 0 Å². The summed E-state index contributed by atoms with van der Waals surface area (Å²) in [5, 5.41) is 22.1. The Hall–Kier alpha value is -1.43. The van der Waals surface area contributed by atoms with Crippen LogP contribution in [0.4, 0.5) is 0 Å². The third-order valence-electron chi connectivity index (χ3n) is 3.52. The highest BCUT2D eigenvalue weighted by molar-refractivity contribution is 5.76. The van der Waals surface area contributed by atoms with Crippen LogP contribution < -0.4 is 5.32 Å². The quantitative estimate of drug-likeness (QED) is 0.749. The first-order valence-electron chi connectivity index (χ1n) is 6.50. The maximum atomic E-state index is 10.3. The molecule has 5 nitrogen and oxygen atoms in total. The van der Waals surface area contributed by atoms with Crippen LogP contribution in [0.5, 0.6) is 0 Å². The molecule has 19 heavy (non-hydrogen) atoms. The van der Waals surface area contributed by atoms with E-state index in [1.54, 1.807) is 0 Å². The van der Waals surface area contributed by atoms with Crippen LogP contribution in [0.15, 0.2) is 18.2 Å². The summed E-state index contributed by atoms with van der Waals surface area (Å²) in [6.07, 6.45) is -0.613. The van der Waals surface area contributed by atoms with Crippen molar-refractivity contribution in [3.63, 3.8) is 0 Å². The van der Waals surface area contributed by atoms with Gasteiger partial charge < -0.3 is 20.1 Å². The third kappa shape index (κ3) is 2.78. The van der Waals surface area contributed by atoms with Gasteiger partial charge in [-0.2, -0.15) is 0 Å². The van der Waals surface area contributed by atoms with E-state index in [0.717, 1.165) is 22.4 Å². The van der Waals surface area contributed by atoms with Crippen molar-refractivity contribution in [2.24, 2.45) is 7.05 Å². The predicted molar refractivity (Wildman–Crippen MR) is 75.0 cm³/mol. The number of rotatable bonds is 5. The molecule has 2 rings (SSSR count). The lowest BCUT2D eigenvalue weighted by molar-refractivity contribution is 0.132. The van der Waals surface area contributed by atoms with Gasteiger partial charge in [0.1, 0.15) is 5.82 Å². The summed E-state index contributed by atoms with van der Waals surface area (Å²) in [6.45, 7) is 4.40. The predicted octanol–water partition coefficient (Wildman–Crippen LogP) is 0.886. The van der Waals surface area contributed by atoms with E-state index in [9.17, 15) is 5.11 Å². The van der Waals surface area contributed by atoms with E-state index in [-0.39, 0.29) is 12.6 Å². The zero-order valence-electron chi connectivity index (χ0n) is 11.6. The number of nitrogens with zero attached hydrogens (tertiary/aromatic N) is 2. The van der Waals surface area contributed by atoms with Crippen LogP contribution in [0.25, 0.3) is 11.0 Å². The second-order valence-corrected chi connectivity index (χ2v) is 4.88. The van der Waals surface area contributed by atoms with E-state index in [2.05, 4.69) is 10.3 Å². The zero-order valence-corrected chi connectivity index (χ0v) is 11.6. The number of benzene rings is 1. The lowest BCUT2D eigenvalue weighted by Gasteiger charge is -2.20. The summed E-state index contributed by atoms with van der Waals surface area (Å²) in [5.41, 5.74) is 2.79. The van der Waals surface area contributed by atoms with Crippen molar-refractivity contribution in [1.29, 1.82) is 0 Å². The number of aryl methyl sites for hydroxylation is 2. The van der Waals surface area contributed by atoms with Crippen molar-refractivity contribution in [2.45, 2.75) is 26.0 Å². The van der Waals surface area contributed by atoms with Gasteiger partial charge in [-0.3, -0.25) is 0 Å². The van der Waals surface area contributed by atoms with Crippen LogP contribution in [0.3, 0.4) is 0 Å². The second-order valence-electron chi connectivity index (χ2n) is 4.88. The SMILES string of the molecule is Cc1nc2cc(C(O)C(C)NCCO)ccc2n1C. The lowest BCUT2D eigenvalue weighted by Crippen LogP contribution is -2.34. The fourth-order valence-corrected chi connectivity index (χ4v) is 2.21. The van der Waals surface area contributed by atoms with Crippen LogP contribution in [0, 0.1) is 6.92 Å². The molecule has 2 unspecified atom stereocenters. The molecule has 0 radical (unpaired) electrons. The van der Waals surface area contributed by atoms with Crippen LogP contribution in [-0.2, 0) is 7.05 Å². The summed E-state index contributed by atoms with van der Waals surface area (Å²) < 4.78 is 2.03. The van der Waals surface area contributed by atoms with E-state index in [4.69, 9.17) is 5.11 Å². The number of imidazole rings is 1. The second kappa shape index (κ2) is 5.69. The van der Waals surface area contributed by atoms with Crippen molar-refractivity contribution in [2.75, 3.05) is 13.2 Å². The van der Waals surface area contributed by atoms with Crippen LogP contribution in [0.1, 0.15) is 24.4 Å². The van der Waals surface area contributed by atoms with E-state index in [0.29, 0.717) is 6.54 Å². The van der Waals surface area contributed by atoms with Crippen LogP contribution in [0.2, 0.25) is 0 Å². The molecule has 3 N–H and O–H groups in total. The Morgan fingerprint density at radius 3 is 2.84 bits per heavy atom. The fraction of sp³-hybridized carbons (Fsp3) is 0.500. The highest BCUT2D eigenvalue weighted by Gasteiger charge is 2.17. The van der Waals surface area contributed by atoms with Crippen molar-refractivity contribution in [1.82, 2.24) is 14.9 Å². The minimum atomic E-state index is -0.613. The number of hydrogen-bond acceptors (Lipinski definition) is 4. The number of nitrogens with one attached hydrogen (secondary N) is 1. The smallest absolute Gasteiger partial charge is 0.106 e. The molecule has 0 fully saturated rings. The number of fused-ring (bicyclic) bond motifs is 1. The van der Waals surface area contributed by atoms with Gasteiger partial charge in [0.2, 0.25) is 0 Å². The zero-order chi connectivity index (χ0) is 14.0. The van der Waals surface area contributed by atoms with Gasteiger partial charge in [0.15, 0.2) is 0 Å². The Labute approximate surface area is 112 Å². The Kier molecular flexibility index (Phi) is 4.19. The summed E-state index contributed by atoms with van der Waals surface area (Å²) in [6, 6.07) is 5.71. The molecule has 1 aromatic heterocycles. The molecular weight excluding hydrogens is 242 g/mol. The molecule has 0 aliphatic heterocycles. The van der Waals surface area contributed by atoms with Gasteiger partial charge in [-0.25, -0.2) is 4.98 Å². The van der Waals surface area contributed by atoms with Crippen molar-refractivity contribution in [3.8, 4) is 0 Å². The number of hydrogen-bond donors (Lipinski definition) is 3. The first-order valence-corrected chi connectivity index (χ1v) is 6.50. The monoisotopic (exact) mass is 263 g/mol. The highest BCUT2D eigenvalue weighted by atomic mass is 16.3. The van der Waals surface area contributed by atoms with E-state index in [1.165, 1.54) is 0 Å². The number of aromatic nitrogens is 2. The van der Waals surface area contributed by atoms with Gasteiger partial charge in [0.05, 0.1) is 23.7 Å². The van der Waals surface area contributed by atoms with Gasteiger partial charge in [-0.1, -0.05) is 6.07 Å². The standard InChI is InChI=1S/C14H21N3O2/c1-9(15-6-7-18)14(19)11-4-5-13-12(8-11)16-10(2)17(13)3/h4-5,8-9,14-15,18-19H,6-7H2,1-3H3. The first-order chi connectivity index (χ1) is 9.04. The molecule has 0 saturated carbocycles. The molecule has 0 aliphatic carbocycles. The van der Waals surface area contributed by atoms with Gasteiger partial charge in [0, 0.05) is 19.6 Å².